The van der Waals surface area contributed by atoms with Crippen LogP contribution < -0.4 is 4.74 Å². The predicted molar refractivity (Wildman–Crippen MR) is 83.3 cm³/mol. The van der Waals surface area contributed by atoms with Gasteiger partial charge < -0.3 is 14.7 Å². The Morgan fingerprint density at radius 1 is 1.10 bits per heavy atom. The molecule has 1 aromatic rings. The van der Waals surface area contributed by atoms with Gasteiger partial charge in [-0.25, -0.2) is 0 Å². The van der Waals surface area contributed by atoms with Crippen molar-refractivity contribution in [2.75, 3.05) is 26.2 Å². The van der Waals surface area contributed by atoms with Crippen molar-refractivity contribution in [3.8, 4) is 5.75 Å². The Bertz CT molecular complexity index is 427. The number of aliphatic hydroxyl groups excluding tert-OH is 1. The Kier molecular flexibility index (Phi) is 6.24. The van der Waals surface area contributed by atoms with Crippen LogP contribution >= 0.6 is 34.8 Å². The number of β-amino-alcohol motifs (C(OH)–C–C–N with tert-alkyl or cyclic N) is 1. The highest BCUT2D eigenvalue weighted by molar-refractivity contribution is 6.40. The number of piperidine rings is 1. The first kappa shape index (κ1) is 16.2. The Morgan fingerprint density at radius 2 is 1.70 bits per heavy atom. The molecule has 2 rings (SSSR count). The molecule has 1 aliphatic rings. The fraction of sp³-hybridized carbons (Fsp3) is 0.571. The van der Waals surface area contributed by atoms with E-state index in [-0.39, 0.29) is 6.61 Å². The van der Waals surface area contributed by atoms with Crippen LogP contribution in [0.3, 0.4) is 0 Å². The summed E-state index contributed by atoms with van der Waals surface area (Å²) < 4.78 is 5.53. The first-order valence-electron chi connectivity index (χ1n) is 6.74. The van der Waals surface area contributed by atoms with Gasteiger partial charge in [0.1, 0.15) is 12.7 Å². The van der Waals surface area contributed by atoms with Crippen LogP contribution in [-0.4, -0.2) is 42.4 Å². The van der Waals surface area contributed by atoms with Gasteiger partial charge >= 0.3 is 0 Å². The molecule has 1 aromatic carbocycles. The number of benzene rings is 1. The van der Waals surface area contributed by atoms with Crippen molar-refractivity contribution in [1.82, 2.24) is 4.90 Å². The van der Waals surface area contributed by atoms with Crippen molar-refractivity contribution in [2.45, 2.75) is 25.4 Å². The van der Waals surface area contributed by atoms with Crippen molar-refractivity contribution < 1.29 is 9.84 Å². The molecule has 112 valence electrons. The van der Waals surface area contributed by atoms with Crippen LogP contribution in [0, 0.1) is 0 Å². The van der Waals surface area contributed by atoms with Gasteiger partial charge in [-0.05, 0) is 38.1 Å². The minimum absolute atomic E-state index is 0.164. The number of halogens is 3. The second-order valence-corrected chi connectivity index (χ2v) is 6.28. The van der Waals surface area contributed by atoms with Crippen LogP contribution in [0.1, 0.15) is 19.3 Å². The first-order chi connectivity index (χ1) is 9.56. The topological polar surface area (TPSA) is 32.7 Å². The quantitative estimate of drug-likeness (QED) is 0.884. The van der Waals surface area contributed by atoms with Crippen LogP contribution in [0.5, 0.6) is 5.75 Å². The molecule has 1 heterocycles. The summed E-state index contributed by atoms with van der Waals surface area (Å²) in [7, 11) is 0. The fourth-order valence-corrected chi connectivity index (χ4v) is 3.27. The van der Waals surface area contributed by atoms with E-state index >= 15 is 0 Å². The van der Waals surface area contributed by atoms with E-state index in [1.54, 1.807) is 12.1 Å². The second kappa shape index (κ2) is 7.71. The Hall–Kier alpha value is -0.190. The molecule has 1 saturated heterocycles. The van der Waals surface area contributed by atoms with E-state index in [1.165, 1.54) is 19.3 Å². The van der Waals surface area contributed by atoms with Gasteiger partial charge in [0, 0.05) is 11.6 Å². The summed E-state index contributed by atoms with van der Waals surface area (Å²) in [6, 6.07) is 3.14. The summed E-state index contributed by atoms with van der Waals surface area (Å²) in [5.41, 5.74) is 0. The summed E-state index contributed by atoms with van der Waals surface area (Å²) in [4.78, 5) is 2.25. The van der Waals surface area contributed by atoms with Gasteiger partial charge in [-0.3, -0.25) is 0 Å². The Balaban J connectivity index is 1.85. The normalized spacial score (nSPS) is 18.0. The van der Waals surface area contributed by atoms with Crippen LogP contribution in [0.2, 0.25) is 15.1 Å². The highest BCUT2D eigenvalue weighted by Crippen LogP contribution is 2.35. The van der Waals surface area contributed by atoms with Crippen LogP contribution in [0.15, 0.2) is 12.1 Å². The fourth-order valence-electron chi connectivity index (χ4n) is 2.34. The number of hydrogen-bond donors (Lipinski definition) is 1. The maximum atomic E-state index is 10.0. The number of rotatable bonds is 5. The third-order valence-corrected chi connectivity index (χ3v) is 4.08. The van der Waals surface area contributed by atoms with Crippen molar-refractivity contribution >= 4 is 34.8 Å². The molecule has 3 nitrogen and oxygen atoms in total. The zero-order chi connectivity index (χ0) is 14.5. The molecule has 20 heavy (non-hydrogen) atoms. The summed E-state index contributed by atoms with van der Waals surface area (Å²) in [5, 5.41) is 11.2. The SMILES string of the molecule is O[C@H](COc1c(Cl)cc(Cl)cc1Cl)CN1CCCCC1. The van der Waals surface area contributed by atoms with Crippen LogP contribution in [-0.2, 0) is 0 Å². The predicted octanol–water partition coefficient (Wildman–Crippen LogP) is 3.87. The summed E-state index contributed by atoms with van der Waals surface area (Å²) in [5.74, 6) is 0.371. The highest BCUT2D eigenvalue weighted by atomic mass is 35.5. The van der Waals surface area contributed by atoms with E-state index in [1.807, 2.05) is 0 Å². The lowest BCUT2D eigenvalue weighted by molar-refractivity contribution is 0.0618. The lowest BCUT2D eigenvalue weighted by Crippen LogP contribution is -2.38. The van der Waals surface area contributed by atoms with Gasteiger partial charge in [-0.1, -0.05) is 41.2 Å². The van der Waals surface area contributed by atoms with E-state index in [9.17, 15) is 5.11 Å². The smallest absolute Gasteiger partial charge is 0.156 e. The van der Waals surface area contributed by atoms with Gasteiger partial charge in [0.2, 0.25) is 0 Å². The molecule has 1 atom stereocenters. The number of ether oxygens (including phenoxy) is 1. The van der Waals surface area contributed by atoms with E-state index in [0.29, 0.717) is 27.4 Å². The number of aliphatic hydroxyl groups is 1. The molecule has 0 saturated carbocycles. The molecule has 1 fully saturated rings. The molecule has 0 spiro atoms. The van der Waals surface area contributed by atoms with Crippen LogP contribution in [0.25, 0.3) is 0 Å². The van der Waals surface area contributed by atoms with Crippen molar-refractivity contribution in [2.24, 2.45) is 0 Å². The van der Waals surface area contributed by atoms with E-state index < -0.39 is 6.10 Å². The minimum Gasteiger partial charge on any atom is -0.488 e. The third-order valence-electron chi connectivity index (χ3n) is 3.30. The largest absolute Gasteiger partial charge is 0.488 e. The Morgan fingerprint density at radius 3 is 2.30 bits per heavy atom. The molecule has 0 unspecified atom stereocenters. The number of nitrogens with zero attached hydrogens (tertiary/aromatic N) is 1. The van der Waals surface area contributed by atoms with E-state index in [4.69, 9.17) is 39.5 Å². The molecule has 1 N–H and O–H groups in total. The zero-order valence-electron chi connectivity index (χ0n) is 11.1. The molecule has 1 aliphatic heterocycles. The molecule has 0 amide bonds. The molecule has 0 aliphatic carbocycles. The van der Waals surface area contributed by atoms with Crippen molar-refractivity contribution in [3.05, 3.63) is 27.2 Å². The molecule has 0 radical (unpaired) electrons. The molecule has 0 bridgehead atoms. The second-order valence-electron chi connectivity index (χ2n) is 5.02. The van der Waals surface area contributed by atoms with Crippen LogP contribution in [0.4, 0.5) is 0 Å². The maximum Gasteiger partial charge on any atom is 0.156 e. The average Bonchev–Trinajstić information content (AvgIpc) is 2.38. The summed E-state index contributed by atoms with van der Waals surface area (Å²) in [6.07, 6.45) is 3.11. The zero-order valence-corrected chi connectivity index (χ0v) is 13.4. The van der Waals surface area contributed by atoms with E-state index in [2.05, 4.69) is 4.90 Å². The standard InChI is InChI=1S/C14H18Cl3NO2/c15-10-6-12(16)14(13(17)7-10)20-9-11(19)8-18-4-2-1-3-5-18/h6-7,11,19H,1-5,8-9H2/t11-/m0/s1. The number of hydrogen-bond acceptors (Lipinski definition) is 3. The summed E-state index contributed by atoms with van der Waals surface area (Å²) in [6.45, 7) is 2.86. The molecular weight excluding hydrogens is 321 g/mol. The average molecular weight is 339 g/mol. The van der Waals surface area contributed by atoms with Gasteiger partial charge in [-0.15, -0.1) is 0 Å². The lowest BCUT2D eigenvalue weighted by Gasteiger charge is -2.28. The highest BCUT2D eigenvalue weighted by Gasteiger charge is 2.16. The molecule has 6 heteroatoms. The lowest BCUT2D eigenvalue weighted by atomic mass is 10.1. The molecule has 0 aromatic heterocycles. The van der Waals surface area contributed by atoms with E-state index in [0.717, 1.165) is 13.1 Å². The first-order valence-corrected chi connectivity index (χ1v) is 7.87. The van der Waals surface area contributed by atoms with Crippen molar-refractivity contribution in [3.63, 3.8) is 0 Å². The monoisotopic (exact) mass is 337 g/mol. The van der Waals surface area contributed by atoms with Gasteiger partial charge in [0.15, 0.2) is 5.75 Å². The third kappa shape index (κ3) is 4.68. The van der Waals surface area contributed by atoms with Crippen molar-refractivity contribution in [1.29, 1.82) is 0 Å². The van der Waals surface area contributed by atoms with Gasteiger partial charge in [0.05, 0.1) is 10.0 Å². The Labute approximate surface area is 134 Å². The number of likely N-dealkylation sites (tertiary alicyclic amines) is 1. The van der Waals surface area contributed by atoms with Gasteiger partial charge in [-0.2, -0.15) is 0 Å². The maximum absolute atomic E-state index is 10.0. The molecular formula is C14H18Cl3NO2. The summed E-state index contributed by atoms with van der Waals surface area (Å²) >= 11 is 17.9. The minimum atomic E-state index is -0.559. The van der Waals surface area contributed by atoms with Gasteiger partial charge in [0.25, 0.3) is 0 Å².